The van der Waals surface area contributed by atoms with Gasteiger partial charge in [-0.15, -0.1) is 11.8 Å². The molecule has 2 atom stereocenters. The summed E-state index contributed by atoms with van der Waals surface area (Å²) in [7, 11) is 0. The van der Waals surface area contributed by atoms with E-state index in [9.17, 15) is 9.59 Å². The number of anilines is 1. The monoisotopic (exact) mass is 418 g/mol. The van der Waals surface area contributed by atoms with Crippen LogP contribution in [0, 0.1) is 0 Å². The number of nitrogens with one attached hydrogen (secondary N) is 2. The summed E-state index contributed by atoms with van der Waals surface area (Å²) in [5.74, 6) is -0.225. The van der Waals surface area contributed by atoms with E-state index in [-0.39, 0.29) is 24.3 Å². The minimum atomic E-state index is -0.405. The quantitative estimate of drug-likeness (QED) is 0.750. The highest BCUT2D eigenvalue weighted by Gasteiger charge is 2.29. The fraction of sp³-hybridized carbons (Fsp3) is 0.263. The molecule has 6 heteroatoms. The van der Waals surface area contributed by atoms with Gasteiger partial charge in [0.2, 0.25) is 11.8 Å². The number of hydrogen-bond acceptors (Lipinski definition) is 3. The number of hydrogen-bond donors (Lipinski definition) is 2. The first-order valence-corrected chi connectivity index (χ1v) is 9.85. The Bertz CT molecular complexity index is 779. The van der Waals surface area contributed by atoms with Gasteiger partial charge in [-0.1, -0.05) is 47.1 Å². The van der Waals surface area contributed by atoms with E-state index in [4.69, 9.17) is 0 Å². The van der Waals surface area contributed by atoms with Crippen LogP contribution in [0.15, 0.2) is 57.9 Å². The number of amides is 2. The van der Waals surface area contributed by atoms with Gasteiger partial charge in [-0.25, -0.2) is 0 Å². The van der Waals surface area contributed by atoms with E-state index < -0.39 is 5.25 Å². The Kier molecular flexibility index (Phi) is 5.81. The SMILES string of the molecule is CCC(NC(=O)CC1Sc2ccccc2NC1=O)c1ccc(Br)cc1. The number of carbonyl (C=O) groups excluding carboxylic acids is 2. The van der Waals surface area contributed by atoms with Gasteiger partial charge < -0.3 is 10.6 Å². The minimum Gasteiger partial charge on any atom is -0.349 e. The number of rotatable bonds is 5. The van der Waals surface area contributed by atoms with Gasteiger partial charge in [-0.2, -0.15) is 0 Å². The topological polar surface area (TPSA) is 58.2 Å². The zero-order valence-electron chi connectivity index (χ0n) is 13.8. The summed E-state index contributed by atoms with van der Waals surface area (Å²) in [6.45, 7) is 2.03. The first kappa shape index (κ1) is 18.0. The fourth-order valence-corrected chi connectivity index (χ4v) is 4.14. The third kappa shape index (κ3) is 4.44. The van der Waals surface area contributed by atoms with Gasteiger partial charge in [-0.3, -0.25) is 9.59 Å². The van der Waals surface area contributed by atoms with Crippen LogP contribution in [0.1, 0.15) is 31.4 Å². The minimum absolute atomic E-state index is 0.0514. The molecule has 0 saturated carbocycles. The summed E-state index contributed by atoms with van der Waals surface area (Å²) in [5, 5.41) is 5.52. The van der Waals surface area contributed by atoms with Crippen molar-refractivity contribution in [2.24, 2.45) is 0 Å². The van der Waals surface area contributed by atoms with Gasteiger partial charge in [-0.05, 0) is 36.2 Å². The van der Waals surface area contributed by atoms with Crippen molar-refractivity contribution in [1.82, 2.24) is 5.32 Å². The van der Waals surface area contributed by atoms with Crippen LogP contribution in [0.5, 0.6) is 0 Å². The van der Waals surface area contributed by atoms with E-state index in [2.05, 4.69) is 26.6 Å². The fourth-order valence-electron chi connectivity index (χ4n) is 2.76. The number of carbonyl (C=O) groups is 2. The van der Waals surface area contributed by atoms with Crippen LogP contribution in [-0.4, -0.2) is 17.1 Å². The predicted octanol–water partition coefficient (Wildman–Crippen LogP) is 4.52. The van der Waals surface area contributed by atoms with Gasteiger partial charge in [0, 0.05) is 15.8 Å². The van der Waals surface area contributed by atoms with Crippen molar-refractivity contribution in [2.45, 2.75) is 36.0 Å². The lowest BCUT2D eigenvalue weighted by atomic mass is 10.0. The molecule has 2 unspecified atom stereocenters. The molecule has 0 radical (unpaired) electrons. The molecule has 1 aliphatic heterocycles. The maximum atomic E-state index is 12.5. The molecule has 1 heterocycles. The molecular weight excluding hydrogens is 400 g/mol. The second kappa shape index (κ2) is 8.06. The average molecular weight is 419 g/mol. The normalized spacial score (nSPS) is 17.4. The van der Waals surface area contributed by atoms with Crippen LogP contribution in [0.2, 0.25) is 0 Å². The maximum absolute atomic E-state index is 12.5. The van der Waals surface area contributed by atoms with Crippen molar-refractivity contribution in [3.8, 4) is 0 Å². The third-order valence-corrected chi connectivity index (χ3v) is 5.90. The first-order chi connectivity index (χ1) is 12.1. The lowest BCUT2D eigenvalue weighted by molar-refractivity contribution is -0.124. The summed E-state index contributed by atoms with van der Waals surface area (Å²) in [5.41, 5.74) is 1.88. The summed E-state index contributed by atoms with van der Waals surface area (Å²) >= 11 is 4.87. The predicted molar refractivity (Wildman–Crippen MR) is 105 cm³/mol. The molecule has 0 fully saturated rings. The number of thioether (sulfide) groups is 1. The van der Waals surface area contributed by atoms with Gasteiger partial charge in [0.15, 0.2) is 0 Å². The molecule has 2 N–H and O–H groups in total. The number of fused-ring (bicyclic) bond motifs is 1. The van der Waals surface area contributed by atoms with Crippen molar-refractivity contribution in [1.29, 1.82) is 0 Å². The van der Waals surface area contributed by atoms with E-state index in [0.29, 0.717) is 0 Å². The van der Waals surface area contributed by atoms with Crippen molar-refractivity contribution < 1.29 is 9.59 Å². The zero-order chi connectivity index (χ0) is 17.8. The molecule has 1 aliphatic rings. The van der Waals surface area contributed by atoms with Crippen molar-refractivity contribution in [3.63, 3.8) is 0 Å². The Hall–Kier alpha value is -1.79. The van der Waals surface area contributed by atoms with Crippen LogP contribution < -0.4 is 10.6 Å². The average Bonchev–Trinajstić information content (AvgIpc) is 2.61. The molecule has 0 aromatic heterocycles. The standard InChI is InChI=1S/C19H19BrN2O2S/c1-2-14(12-7-9-13(20)10-8-12)21-18(23)11-17-19(24)22-15-5-3-4-6-16(15)25-17/h3-10,14,17H,2,11H2,1H3,(H,21,23)(H,22,24). The van der Waals surface area contributed by atoms with Crippen molar-refractivity contribution in [2.75, 3.05) is 5.32 Å². The highest BCUT2D eigenvalue weighted by molar-refractivity contribution is 9.10. The molecule has 130 valence electrons. The lowest BCUT2D eigenvalue weighted by Crippen LogP contribution is -2.36. The van der Waals surface area contributed by atoms with Gasteiger partial charge in [0.1, 0.15) is 0 Å². The second-order valence-electron chi connectivity index (χ2n) is 5.88. The molecule has 2 amide bonds. The highest BCUT2D eigenvalue weighted by atomic mass is 79.9. The zero-order valence-corrected chi connectivity index (χ0v) is 16.2. The first-order valence-electron chi connectivity index (χ1n) is 8.18. The Morgan fingerprint density at radius 2 is 1.96 bits per heavy atom. The number of para-hydroxylation sites is 1. The summed E-state index contributed by atoms with van der Waals surface area (Å²) in [6, 6.07) is 15.5. The maximum Gasteiger partial charge on any atom is 0.238 e. The van der Waals surface area contributed by atoms with Crippen LogP contribution >= 0.6 is 27.7 Å². The van der Waals surface area contributed by atoms with E-state index in [1.807, 2.05) is 55.5 Å². The molecule has 4 nitrogen and oxygen atoms in total. The van der Waals surface area contributed by atoms with Crippen LogP contribution in [-0.2, 0) is 9.59 Å². The molecule has 0 saturated heterocycles. The molecule has 2 aromatic carbocycles. The Morgan fingerprint density at radius 1 is 1.24 bits per heavy atom. The van der Waals surface area contributed by atoms with Crippen molar-refractivity contribution in [3.05, 3.63) is 58.6 Å². The molecular formula is C19H19BrN2O2S. The van der Waals surface area contributed by atoms with Gasteiger partial charge in [0.25, 0.3) is 0 Å². The van der Waals surface area contributed by atoms with Crippen LogP contribution in [0.4, 0.5) is 5.69 Å². The van der Waals surface area contributed by atoms with E-state index in [1.54, 1.807) is 0 Å². The van der Waals surface area contributed by atoms with E-state index in [0.717, 1.165) is 27.0 Å². The van der Waals surface area contributed by atoms with Gasteiger partial charge >= 0.3 is 0 Å². The summed E-state index contributed by atoms with van der Waals surface area (Å²) in [4.78, 5) is 25.7. The highest BCUT2D eigenvalue weighted by Crippen LogP contribution is 2.36. The van der Waals surface area contributed by atoms with E-state index >= 15 is 0 Å². The Labute approximate surface area is 159 Å². The van der Waals surface area contributed by atoms with Crippen LogP contribution in [0.25, 0.3) is 0 Å². The lowest BCUT2D eigenvalue weighted by Gasteiger charge is -2.24. The summed E-state index contributed by atoms with van der Waals surface area (Å²) < 4.78 is 1.01. The number of halogens is 1. The van der Waals surface area contributed by atoms with Crippen molar-refractivity contribution >= 4 is 45.2 Å². The smallest absolute Gasteiger partial charge is 0.238 e. The third-order valence-electron chi connectivity index (χ3n) is 4.09. The molecule has 2 aromatic rings. The Morgan fingerprint density at radius 3 is 2.68 bits per heavy atom. The largest absolute Gasteiger partial charge is 0.349 e. The second-order valence-corrected chi connectivity index (χ2v) is 8.04. The molecule has 0 aliphatic carbocycles. The molecule has 25 heavy (non-hydrogen) atoms. The summed E-state index contributed by atoms with van der Waals surface area (Å²) in [6.07, 6.45) is 0.956. The molecule has 3 rings (SSSR count). The van der Waals surface area contributed by atoms with Crippen LogP contribution in [0.3, 0.4) is 0 Å². The Balaban J connectivity index is 1.64. The van der Waals surface area contributed by atoms with Gasteiger partial charge in [0.05, 0.1) is 17.0 Å². The molecule has 0 bridgehead atoms. The molecule has 0 spiro atoms. The van der Waals surface area contributed by atoms with E-state index in [1.165, 1.54) is 11.8 Å². The number of benzene rings is 2.